The second-order valence-electron chi connectivity index (χ2n) is 6.69. The zero-order chi connectivity index (χ0) is 14.6. The molecule has 3 nitrogen and oxygen atoms in total. The van der Waals surface area contributed by atoms with Crippen molar-refractivity contribution in [3.63, 3.8) is 0 Å². The molecular formula is C18H22N2O. The predicted octanol–water partition coefficient (Wildman–Crippen LogP) is 3.58. The molecule has 0 aliphatic heterocycles. The molecule has 0 N–H and O–H groups in total. The van der Waals surface area contributed by atoms with Gasteiger partial charge in [0.1, 0.15) is 0 Å². The molecule has 1 amide bonds. The summed E-state index contributed by atoms with van der Waals surface area (Å²) >= 11 is 0. The average Bonchev–Trinajstić information content (AvgIpc) is 3.37. The number of carbonyl (C=O) groups excluding carboxylic acids is 1. The zero-order valence-electron chi connectivity index (χ0n) is 12.7. The first-order valence-electron chi connectivity index (χ1n) is 8.03. The highest BCUT2D eigenvalue weighted by atomic mass is 16.2. The van der Waals surface area contributed by atoms with Crippen molar-refractivity contribution in [3.05, 3.63) is 36.0 Å². The van der Waals surface area contributed by atoms with Gasteiger partial charge in [-0.05, 0) is 44.6 Å². The van der Waals surface area contributed by atoms with Gasteiger partial charge in [-0.1, -0.05) is 18.2 Å². The van der Waals surface area contributed by atoms with Gasteiger partial charge in [-0.2, -0.15) is 0 Å². The topological polar surface area (TPSA) is 25.2 Å². The Morgan fingerprint density at radius 3 is 2.62 bits per heavy atom. The molecule has 0 spiro atoms. The van der Waals surface area contributed by atoms with Crippen LogP contribution < -0.4 is 0 Å². The third kappa shape index (κ3) is 2.15. The third-order valence-electron chi connectivity index (χ3n) is 5.05. The van der Waals surface area contributed by atoms with Crippen LogP contribution >= 0.6 is 0 Å². The summed E-state index contributed by atoms with van der Waals surface area (Å²) in [5.74, 6) is 0.957. The molecule has 1 aromatic carbocycles. The second kappa shape index (κ2) is 4.62. The molecule has 1 aromatic heterocycles. The standard InChI is InChI=1S/C18H22N2O/c1-12(13-7-8-13)20(14-9-10-14)18(21)16-11-19(2)17-6-4-3-5-15(16)17/h3-6,11-14H,7-10H2,1-2H3/t12-/m0/s1. The molecule has 2 aliphatic carbocycles. The highest BCUT2D eigenvalue weighted by Gasteiger charge is 2.42. The van der Waals surface area contributed by atoms with E-state index >= 15 is 0 Å². The number of carbonyl (C=O) groups is 1. The number of fused-ring (bicyclic) bond motifs is 1. The molecule has 2 aromatic rings. The Labute approximate surface area is 125 Å². The highest BCUT2D eigenvalue weighted by molar-refractivity contribution is 6.07. The Kier molecular flexibility index (Phi) is 2.84. The number of nitrogens with zero attached hydrogens (tertiary/aromatic N) is 2. The number of benzene rings is 1. The van der Waals surface area contributed by atoms with Crippen molar-refractivity contribution >= 4 is 16.8 Å². The molecule has 3 heteroatoms. The number of hydrogen-bond donors (Lipinski definition) is 0. The number of aryl methyl sites for hydroxylation is 1. The molecule has 1 heterocycles. The molecule has 2 saturated carbocycles. The minimum Gasteiger partial charge on any atom is -0.350 e. The van der Waals surface area contributed by atoms with E-state index in [9.17, 15) is 4.79 Å². The van der Waals surface area contributed by atoms with Crippen LogP contribution in [0, 0.1) is 5.92 Å². The van der Waals surface area contributed by atoms with E-state index in [-0.39, 0.29) is 5.91 Å². The minimum atomic E-state index is 0.230. The third-order valence-corrected chi connectivity index (χ3v) is 5.05. The van der Waals surface area contributed by atoms with Crippen molar-refractivity contribution in [2.75, 3.05) is 0 Å². The van der Waals surface area contributed by atoms with Crippen molar-refractivity contribution in [1.82, 2.24) is 9.47 Å². The van der Waals surface area contributed by atoms with Crippen molar-refractivity contribution in [2.24, 2.45) is 13.0 Å². The van der Waals surface area contributed by atoms with Crippen molar-refractivity contribution < 1.29 is 4.79 Å². The maximum absolute atomic E-state index is 13.1. The molecule has 2 fully saturated rings. The van der Waals surface area contributed by atoms with Crippen molar-refractivity contribution in [2.45, 2.75) is 44.7 Å². The summed E-state index contributed by atoms with van der Waals surface area (Å²) in [7, 11) is 2.02. The Balaban J connectivity index is 1.74. The summed E-state index contributed by atoms with van der Waals surface area (Å²) in [5.41, 5.74) is 2.00. The van der Waals surface area contributed by atoms with Crippen LogP contribution in [0.15, 0.2) is 30.5 Å². The van der Waals surface area contributed by atoms with Crippen LogP contribution in [0.25, 0.3) is 10.9 Å². The quantitative estimate of drug-likeness (QED) is 0.841. The molecule has 110 valence electrons. The van der Waals surface area contributed by atoms with Gasteiger partial charge in [0.05, 0.1) is 5.56 Å². The van der Waals surface area contributed by atoms with Gasteiger partial charge in [-0.3, -0.25) is 4.79 Å². The number of para-hydroxylation sites is 1. The fraction of sp³-hybridized carbons (Fsp3) is 0.500. The highest BCUT2D eigenvalue weighted by Crippen LogP contribution is 2.40. The maximum atomic E-state index is 13.1. The Morgan fingerprint density at radius 2 is 1.95 bits per heavy atom. The van der Waals surface area contributed by atoms with Crippen molar-refractivity contribution in [1.29, 1.82) is 0 Å². The van der Waals surface area contributed by atoms with Crippen LogP contribution in [0.5, 0.6) is 0 Å². The summed E-state index contributed by atoms with van der Waals surface area (Å²) in [6.07, 6.45) is 6.92. The average molecular weight is 282 g/mol. The molecule has 0 saturated heterocycles. The van der Waals surface area contributed by atoms with Crippen LogP contribution in [-0.4, -0.2) is 27.5 Å². The number of amides is 1. The van der Waals surface area contributed by atoms with Gasteiger partial charge in [0.15, 0.2) is 0 Å². The smallest absolute Gasteiger partial charge is 0.256 e. The number of rotatable bonds is 4. The lowest BCUT2D eigenvalue weighted by Crippen LogP contribution is -2.41. The van der Waals surface area contributed by atoms with E-state index in [1.165, 1.54) is 25.7 Å². The summed E-state index contributed by atoms with van der Waals surface area (Å²) in [6.45, 7) is 2.24. The molecule has 2 aliphatic rings. The maximum Gasteiger partial charge on any atom is 0.256 e. The van der Waals surface area contributed by atoms with Gasteiger partial charge in [0.2, 0.25) is 0 Å². The largest absolute Gasteiger partial charge is 0.350 e. The second-order valence-corrected chi connectivity index (χ2v) is 6.69. The Hall–Kier alpha value is -1.77. The van der Waals surface area contributed by atoms with Crippen molar-refractivity contribution in [3.8, 4) is 0 Å². The Bertz CT molecular complexity index is 694. The monoisotopic (exact) mass is 282 g/mol. The van der Waals surface area contributed by atoms with E-state index < -0.39 is 0 Å². The Morgan fingerprint density at radius 1 is 1.24 bits per heavy atom. The van der Waals surface area contributed by atoms with Crippen LogP contribution in [0.4, 0.5) is 0 Å². The van der Waals surface area contributed by atoms with Gasteiger partial charge >= 0.3 is 0 Å². The van der Waals surface area contributed by atoms with E-state index in [1.54, 1.807) is 0 Å². The first kappa shape index (κ1) is 12.9. The first-order chi connectivity index (χ1) is 10.2. The van der Waals surface area contributed by atoms with E-state index in [2.05, 4.69) is 28.5 Å². The molecule has 4 rings (SSSR count). The number of aromatic nitrogens is 1. The molecule has 0 bridgehead atoms. The minimum absolute atomic E-state index is 0.230. The van der Waals surface area contributed by atoms with Crippen LogP contribution in [0.2, 0.25) is 0 Å². The van der Waals surface area contributed by atoms with Gasteiger partial charge in [0.25, 0.3) is 5.91 Å². The molecule has 0 radical (unpaired) electrons. The van der Waals surface area contributed by atoms with Gasteiger partial charge in [-0.25, -0.2) is 0 Å². The normalized spacial score (nSPS) is 19.7. The van der Waals surface area contributed by atoms with E-state index in [1.807, 2.05) is 25.4 Å². The summed E-state index contributed by atoms with van der Waals surface area (Å²) < 4.78 is 2.06. The van der Waals surface area contributed by atoms with E-state index in [0.29, 0.717) is 12.1 Å². The molecule has 1 atom stereocenters. The first-order valence-corrected chi connectivity index (χ1v) is 8.03. The zero-order valence-corrected chi connectivity index (χ0v) is 12.7. The van der Waals surface area contributed by atoms with Crippen LogP contribution in [0.3, 0.4) is 0 Å². The van der Waals surface area contributed by atoms with E-state index in [0.717, 1.165) is 22.4 Å². The predicted molar refractivity (Wildman–Crippen MR) is 84.3 cm³/mol. The van der Waals surface area contributed by atoms with Gasteiger partial charge in [-0.15, -0.1) is 0 Å². The molecule has 0 unspecified atom stereocenters. The summed E-state index contributed by atoms with van der Waals surface area (Å²) in [4.78, 5) is 15.3. The van der Waals surface area contributed by atoms with E-state index in [4.69, 9.17) is 0 Å². The fourth-order valence-corrected chi connectivity index (χ4v) is 3.49. The fourth-order valence-electron chi connectivity index (χ4n) is 3.49. The summed E-state index contributed by atoms with van der Waals surface area (Å²) in [5, 5.41) is 1.08. The number of hydrogen-bond acceptors (Lipinski definition) is 1. The lowest BCUT2D eigenvalue weighted by molar-refractivity contribution is 0.0656. The van der Waals surface area contributed by atoms with Crippen LogP contribution in [-0.2, 0) is 7.05 Å². The molecular weight excluding hydrogens is 260 g/mol. The lowest BCUT2D eigenvalue weighted by atomic mass is 10.1. The SMILES string of the molecule is C[C@@H](C1CC1)N(C(=O)c1cn(C)c2ccccc12)C1CC1. The van der Waals surface area contributed by atoms with Gasteiger partial charge < -0.3 is 9.47 Å². The lowest BCUT2D eigenvalue weighted by Gasteiger charge is -2.29. The summed E-state index contributed by atoms with van der Waals surface area (Å²) in [6, 6.07) is 9.07. The van der Waals surface area contributed by atoms with Crippen LogP contribution in [0.1, 0.15) is 43.0 Å². The molecule has 21 heavy (non-hydrogen) atoms. The van der Waals surface area contributed by atoms with Gasteiger partial charge in [0, 0.05) is 36.2 Å².